The summed E-state index contributed by atoms with van der Waals surface area (Å²) in [6.07, 6.45) is 3.18. The van der Waals surface area contributed by atoms with Crippen LogP contribution in [0.15, 0.2) is 16.8 Å². The molecular formula is C6H5NO2. The quantitative estimate of drug-likeness (QED) is 0.489. The number of aldehydes is 2. The molecule has 1 aliphatic rings. The first-order valence-corrected chi connectivity index (χ1v) is 2.53. The minimum atomic E-state index is 0.396. The van der Waals surface area contributed by atoms with Crippen molar-refractivity contribution in [3.05, 3.63) is 11.8 Å². The van der Waals surface area contributed by atoms with E-state index in [2.05, 4.69) is 4.99 Å². The highest BCUT2D eigenvalue weighted by molar-refractivity contribution is 6.30. The van der Waals surface area contributed by atoms with Gasteiger partial charge in [-0.3, -0.25) is 14.6 Å². The minimum Gasteiger partial charge on any atom is -0.298 e. The third kappa shape index (κ3) is 1.10. The van der Waals surface area contributed by atoms with Crippen molar-refractivity contribution >= 4 is 18.3 Å². The van der Waals surface area contributed by atoms with E-state index in [1.807, 2.05) is 0 Å². The third-order valence-corrected chi connectivity index (χ3v) is 1.07. The standard InChI is InChI=1S/C6H5NO2/c8-3-5-1-6(4-9)7-2-5/h2-4H,1H2. The van der Waals surface area contributed by atoms with Gasteiger partial charge in [0.1, 0.15) is 6.29 Å². The summed E-state index contributed by atoms with van der Waals surface area (Å²) in [5.41, 5.74) is 0.995. The lowest BCUT2D eigenvalue weighted by Gasteiger charge is -1.82. The fraction of sp³-hybridized carbons (Fsp3) is 0.167. The van der Waals surface area contributed by atoms with Gasteiger partial charge in [-0.25, -0.2) is 0 Å². The SMILES string of the molecule is O=CC1=CN=C(C=O)C1. The van der Waals surface area contributed by atoms with Crippen LogP contribution < -0.4 is 0 Å². The first kappa shape index (κ1) is 5.88. The van der Waals surface area contributed by atoms with Crippen molar-refractivity contribution in [3.8, 4) is 0 Å². The molecule has 0 unspecified atom stereocenters. The van der Waals surface area contributed by atoms with Gasteiger partial charge in [-0.1, -0.05) is 0 Å². The summed E-state index contributed by atoms with van der Waals surface area (Å²) in [6.45, 7) is 0. The lowest BCUT2D eigenvalue weighted by molar-refractivity contribution is -0.104. The third-order valence-electron chi connectivity index (χ3n) is 1.07. The van der Waals surface area contributed by atoms with Crippen LogP contribution in [0, 0.1) is 0 Å². The Morgan fingerprint density at radius 3 is 2.56 bits per heavy atom. The Labute approximate surface area is 52.1 Å². The van der Waals surface area contributed by atoms with Crippen LogP contribution in [0.3, 0.4) is 0 Å². The van der Waals surface area contributed by atoms with Gasteiger partial charge in [0.15, 0.2) is 6.29 Å². The summed E-state index contributed by atoms with van der Waals surface area (Å²) >= 11 is 0. The van der Waals surface area contributed by atoms with E-state index in [4.69, 9.17) is 0 Å². The Hall–Kier alpha value is -1.25. The number of hydrogen-bond acceptors (Lipinski definition) is 3. The van der Waals surface area contributed by atoms with Crippen LogP contribution in [0.5, 0.6) is 0 Å². The molecule has 3 heteroatoms. The van der Waals surface area contributed by atoms with E-state index >= 15 is 0 Å². The number of aliphatic imine (C=N–C) groups is 1. The van der Waals surface area contributed by atoms with Gasteiger partial charge in [-0.05, 0) is 0 Å². The average Bonchev–Trinajstić information content (AvgIpc) is 2.34. The zero-order chi connectivity index (χ0) is 6.69. The first-order chi connectivity index (χ1) is 4.36. The van der Waals surface area contributed by atoms with Gasteiger partial charge in [0, 0.05) is 18.2 Å². The van der Waals surface area contributed by atoms with Crippen LogP contribution in [0.4, 0.5) is 0 Å². The summed E-state index contributed by atoms with van der Waals surface area (Å²) in [6, 6.07) is 0. The Balaban J connectivity index is 2.62. The second-order valence-corrected chi connectivity index (χ2v) is 1.74. The molecule has 9 heavy (non-hydrogen) atoms. The molecule has 0 atom stereocenters. The molecule has 0 N–H and O–H groups in total. The maximum absolute atomic E-state index is 10.0. The Kier molecular flexibility index (Phi) is 1.53. The fourth-order valence-electron chi connectivity index (χ4n) is 0.610. The van der Waals surface area contributed by atoms with Crippen LogP contribution in [0.25, 0.3) is 0 Å². The highest BCUT2D eigenvalue weighted by atomic mass is 16.1. The predicted molar refractivity (Wildman–Crippen MR) is 32.3 cm³/mol. The normalized spacial score (nSPS) is 16.4. The first-order valence-electron chi connectivity index (χ1n) is 2.53. The van der Waals surface area contributed by atoms with Crippen molar-refractivity contribution in [2.75, 3.05) is 0 Å². The van der Waals surface area contributed by atoms with Gasteiger partial charge in [0.2, 0.25) is 0 Å². The monoisotopic (exact) mass is 123 g/mol. The molecule has 0 aromatic heterocycles. The largest absolute Gasteiger partial charge is 0.298 e. The molecule has 0 aromatic rings. The van der Waals surface area contributed by atoms with Gasteiger partial charge in [-0.2, -0.15) is 0 Å². The molecule has 0 radical (unpaired) electrons. The smallest absolute Gasteiger partial charge is 0.164 e. The molecule has 0 saturated carbocycles. The lowest BCUT2D eigenvalue weighted by atomic mass is 10.2. The number of carbonyl (C=O) groups is 2. The molecule has 1 rings (SSSR count). The topological polar surface area (TPSA) is 46.5 Å². The van der Waals surface area contributed by atoms with E-state index in [0.717, 1.165) is 0 Å². The van der Waals surface area contributed by atoms with Gasteiger partial charge in [0.25, 0.3) is 0 Å². The van der Waals surface area contributed by atoms with E-state index < -0.39 is 0 Å². The Morgan fingerprint density at radius 2 is 2.22 bits per heavy atom. The van der Waals surface area contributed by atoms with E-state index in [-0.39, 0.29) is 0 Å². The maximum Gasteiger partial charge on any atom is 0.164 e. The maximum atomic E-state index is 10.0. The van der Waals surface area contributed by atoms with Gasteiger partial charge < -0.3 is 0 Å². The van der Waals surface area contributed by atoms with Crippen LogP contribution >= 0.6 is 0 Å². The van der Waals surface area contributed by atoms with Gasteiger partial charge in [-0.15, -0.1) is 0 Å². The van der Waals surface area contributed by atoms with Crippen LogP contribution in [-0.2, 0) is 9.59 Å². The molecule has 0 aromatic carbocycles. The van der Waals surface area contributed by atoms with Crippen LogP contribution in [-0.4, -0.2) is 18.3 Å². The molecule has 1 aliphatic heterocycles. The molecule has 0 bridgehead atoms. The van der Waals surface area contributed by atoms with Crippen molar-refractivity contribution in [2.45, 2.75) is 6.42 Å². The minimum absolute atomic E-state index is 0.396. The van der Waals surface area contributed by atoms with E-state index in [1.165, 1.54) is 6.20 Å². The molecule has 0 amide bonds. The van der Waals surface area contributed by atoms with E-state index in [9.17, 15) is 9.59 Å². The number of allylic oxidation sites excluding steroid dienone is 1. The summed E-state index contributed by atoms with van der Waals surface area (Å²) in [5.74, 6) is 0. The van der Waals surface area contributed by atoms with Crippen molar-refractivity contribution in [1.29, 1.82) is 0 Å². The zero-order valence-electron chi connectivity index (χ0n) is 4.70. The average molecular weight is 123 g/mol. The Bertz CT molecular complexity index is 181. The zero-order valence-corrected chi connectivity index (χ0v) is 4.70. The van der Waals surface area contributed by atoms with Crippen LogP contribution in [0.1, 0.15) is 6.42 Å². The number of nitrogens with zero attached hydrogens (tertiary/aromatic N) is 1. The van der Waals surface area contributed by atoms with Crippen LogP contribution in [0.2, 0.25) is 0 Å². The summed E-state index contributed by atoms with van der Waals surface area (Å²) < 4.78 is 0. The number of hydrogen-bond donors (Lipinski definition) is 0. The molecule has 0 saturated heterocycles. The molecule has 0 spiro atoms. The number of rotatable bonds is 2. The summed E-state index contributed by atoms with van der Waals surface area (Å²) in [4.78, 5) is 23.7. The second-order valence-electron chi connectivity index (χ2n) is 1.74. The predicted octanol–water partition coefficient (Wildman–Crippen LogP) is 0.113. The lowest BCUT2D eigenvalue weighted by Crippen LogP contribution is -1.95. The van der Waals surface area contributed by atoms with Crippen molar-refractivity contribution in [3.63, 3.8) is 0 Å². The second kappa shape index (κ2) is 2.35. The molecule has 3 nitrogen and oxygen atoms in total. The molecule has 0 aliphatic carbocycles. The fourth-order valence-corrected chi connectivity index (χ4v) is 0.610. The van der Waals surface area contributed by atoms with Crippen molar-refractivity contribution in [2.24, 2.45) is 4.99 Å². The highest BCUT2D eigenvalue weighted by Crippen LogP contribution is 2.06. The molecule has 46 valence electrons. The molecule has 0 fully saturated rings. The molecule has 1 heterocycles. The van der Waals surface area contributed by atoms with E-state index in [1.54, 1.807) is 0 Å². The van der Waals surface area contributed by atoms with Gasteiger partial charge >= 0.3 is 0 Å². The summed E-state index contributed by atoms with van der Waals surface area (Å²) in [7, 11) is 0. The van der Waals surface area contributed by atoms with Crippen molar-refractivity contribution < 1.29 is 9.59 Å². The number of carbonyl (C=O) groups excluding carboxylic acids is 2. The molecular weight excluding hydrogens is 118 g/mol. The van der Waals surface area contributed by atoms with Crippen molar-refractivity contribution in [1.82, 2.24) is 0 Å². The highest BCUT2D eigenvalue weighted by Gasteiger charge is 2.06. The van der Waals surface area contributed by atoms with E-state index in [0.29, 0.717) is 30.3 Å². The Morgan fingerprint density at radius 1 is 1.44 bits per heavy atom. The van der Waals surface area contributed by atoms with Gasteiger partial charge in [0.05, 0.1) is 5.71 Å². The summed E-state index contributed by atoms with van der Waals surface area (Å²) in [5, 5.41) is 0.